The fourth-order valence-electron chi connectivity index (χ4n) is 1.52. The molecule has 0 bridgehead atoms. The van der Waals surface area contributed by atoms with Gasteiger partial charge in [-0.3, -0.25) is 0 Å². The molecule has 0 aromatic heterocycles. The number of rotatable bonds is 16. The summed E-state index contributed by atoms with van der Waals surface area (Å²) in [5, 5.41) is 25.9. The quantitative estimate of drug-likeness (QED) is 0.275. The van der Waals surface area contributed by atoms with Gasteiger partial charge in [-0.1, -0.05) is 6.92 Å². The molecule has 0 heterocycles. The zero-order valence-electron chi connectivity index (χ0n) is 15.6. The molecule has 10 nitrogen and oxygen atoms in total. The lowest BCUT2D eigenvalue weighted by Gasteiger charge is -2.32. The molecule has 0 saturated heterocycles. The lowest BCUT2D eigenvalue weighted by Crippen LogP contribution is -2.27. The molecule has 1 N–H and O–H groups in total. The van der Waals surface area contributed by atoms with Crippen LogP contribution in [-0.4, -0.2) is 42.0 Å². The van der Waals surface area contributed by atoms with E-state index in [9.17, 15) is 4.89 Å². The topological polar surface area (TPSA) is 141 Å². The molecule has 0 spiro atoms. The Labute approximate surface area is 164 Å². The molecule has 0 fully saturated rings. The standard InChI is InChI=1S/C14H25N4O6P3/c1-4-18(14(2)3)25(20-11-5-8-15)23-27(22-13-7-10-17)24-26(19)21-12-6-9-16/h14,19H,4-7,11-13H2,1-3H3. The van der Waals surface area contributed by atoms with Crippen molar-refractivity contribution < 1.29 is 27.1 Å². The van der Waals surface area contributed by atoms with Crippen LogP contribution in [0, 0.1) is 34.0 Å². The highest BCUT2D eigenvalue weighted by atomic mass is 31.3. The van der Waals surface area contributed by atoms with Crippen molar-refractivity contribution in [3.63, 3.8) is 0 Å². The molecule has 13 heteroatoms. The van der Waals surface area contributed by atoms with Crippen molar-refractivity contribution in [3.8, 4) is 18.2 Å². The van der Waals surface area contributed by atoms with Crippen LogP contribution in [0.15, 0.2) is 0 Å². The first-order chi connectivity index (χ1) is 13.0. The summed E-state index contributed by atoms with van der Waals surface area (Å²) in [5.74, 6) is 0. The Morgan fingerprint density at radius 1 is 0.889 bits per heavy atom. The molecule has 0 aliphatic heterocycles. The minimum absolute atomic E-state index is 0.0145. The van der Waals surface area contributed by atoms with Gasteiger partial charge in [0.05, 0.1) is 57.3 Å². The van der Waals surface area contributed by atoms with E-state index in [1.807, 2.05) is 43.6 Å². The highest BCUT2D eigenvalue weighted by Crippen LogP contribution is 2.62. The van der Waals surface area contributed by atoms with Gasteiger partial charge in [0.2, 0.25) is 0 Å². The molecule has 0 aromatic rings. The van der Waals surface area contributed by atoms with Crippen LogP contribution in [0.3, 0.4) is 0 Å². The summed E-state index contributed by atoms with van der Waals surface area (Å²) < 4.78 is 29.2. The van der Waals surface area contributed by atoms with Crippen molar-refractivity contribution >= 4 is 25.7 Å². The summed E-state index contributed by atoms with van der Waals surface area (Å²) in [6, 6.07) is 5.93. The number of hydrogen-bond donors (Lipinski definition) is 1. The zero-order chi connectivity index (χ0) is 20.5. The van der Waals surface area contributed by atoms with E-state index in [0.29, 0.717) is 6.54 Å². The third-order valence-corrected chi connectivity index (χ3v) is 7.19. The van der Waals surface area contributed by atoms with Crippen molar-refractivity contribution in [2.45, 2.75) is 46.1 Å². The van der Waals surface area contributed by atoms with Crippen molar-refractivity contribution in [1.82, 2.24) is 4.67 Å². The molecule has 0 radical (unpaired) electrons. The minimum atomic E-state index is -2.31. The molecule has 0 saturated carbocycles. The maximum atomic E-state index is 9.85. The number of nitrogens with zero attached hydrogens (tertiary/aromatic N) is 4. The van der Waals surface area contributed by atoms with E-state index in [0.717, 1.165) is 0 Å². The van der Waals surface area contributed by atoms with Crippen LogP contribution < -0.4 is 0 Å². The lowest BCUT2D eigenvalue weighted by molar-refractivity contribution is 0.206. The lowest BCUT2D eigenvalue weighted by atomic mass is 10.4. The molecule has 0 amide bonds. The van der Waals surface area contributed by atoms with Gasteiger partial charge in [0.1, 0.15) is 0 Å². The van der Waals surface area contributed by atoms with Crippen molar-refractivity contribution in [3.05, 3.63) is 0 Å². The van der Waals surface area contributed by atoms with E-state index in [-0.39, 0.29) is 45.1 Å². The third kappa shape index (κ3) is 13.3. The molecule has 3 unspecified atom stereocenters. The number of nitriles is 3. The molecular weight excluding hydrogens is 413 g/mol. The Kier molecular flexibility index (Phi) is 17.2. The normalized spacial score (nSPS) is 14.3. The third-order valence-electron chi connectivity index (χ3n) is 2.64. The van der Waals surface area contributed by atoms with E-state index >= 15 is 0 Å². The molecule has 3 atom stereocenters. The van der Waals surface area contributed by atoms with Gasteiger partial charge >= 0.3 is 17.2 Å². The molecular formula is C14H25N4O6P3. The van der Waals surface area contributed by atoms with Gasteiger partial charge in [-0.25, -0.2) is 13.3 Å². The number of hydrogen-bond acceptors (Lipinski definition) is 10. The van der Waals surface area contributed by atoms with Crippen LogP contribution in [0.1, 0.15) is 40.0 Å². The van der Waals surface area contributed by atoms with Gasteiger partial charge in [-0.2, -0.15) is 15.8 Å². The van der Waals surface area contributed by atoms with E-state index in [2.05, 4.69) is 0 Å². The van der Waals surface area contributed by atoms with Gasteiger partial charge in [-0.15, -0.1) is 0 Å². The summed E-state index contributed by atoms with van der Waals surface area (Å²) in [5.41, 5.74) is 0. The maximum Gasteiger partial charge on any atom is 0.346 e. The Morgan fingerprint density at radius 2 is 1.41 bits per heavy atom. The molecule has 0 aliphatic carbocycles. The van der Waals surface area contributed by atoms with Crippen LogP contribution in [0.2, 0.25) is 0 Å². The SMILES string of the molecule is CCN(C(C)C)P(OCCC#N)OP(OCCC#N)OP(O)OCCC#N. The average molecular weight is 438 g/mol. The summed E-state index contributed by atoms with van der Waals surface area (Å²) in [6.07, 6.45) is 0.437. The Morgan fingerprint density at radius 3 is 1.89 bits per heavy atom. The smallest absolute Gasteiger partial charge is 0.328 e. The molecule has 152 valence electrons. The molecule has 0 aliphatic rings. The average Bonchev–Trinajstić information content (AvgIpc) is 2.62. The predicted molar refractivity (Wildman–Crippen MR) is 101 cm³/mol. The van der Waals surface area contributed by atoms with Crippen LogP contribution in [0.5, 0.6) is 0 Å². The largest absolute Gasteiger partial charge is 0.346 e. The van der Waals surface area contributed by atoms with Crippen LogP contribution in [0.4, 0.5) is 0 Å². The second-order valence-electron chi connectivity index (χ2n) is 4.94. The van der Waals surface area contributed by atoms with Crippen LogP contribution in [-0.2, 0) is 22.2 Å². The predicted octanol–water partition coefficient (Wildman–Crippen LogP) is 4.21. The first-order valence-corrected chi connectivity index (χ1v) is 11.6. The van der Waals surface area contributed by atoms with Crippen LogP contribution >= 0.6 is 25.7 Å². The molecule has 27 heavy (non-hydrogen) atoms. The molecule has 0 rings (SSSR count). The Balaban J connectivity index is 4.99. The van der Waals surface area contributed by atoms with E-state index < -0.39 is 25.7 Å². The zero-order valence-corrected chi connectivity index (χ0v) is 18.3. The van der Waals surface area contributed by atoms with Crippen molar-refractivity contribution in [1.29, 1.82) is 15.8 Å². The fraction of sp³-hybridized carbons (Fsp3) is 0.786. The monoisotopic (exact) mass is 438 g/mol. The van der Waals surface area contributed by atoms with Gasteiger partial charge in [0, 0.05) is 12.6 Å². The molecule has 0 aromatic carbocycles. The van der Waals surface area contributed by atoms with Crippen LogP contribution in [0.25, 0.3) is 0 Å². The Hall–Kier alpha value is -0.520. The van der Waals surface area contributed by atoms with Gasteiger partial charge in [0.25, 0.3) is 8.53 Å². The van der Waals surface area contributed by atoms with E-state index in [1.54, 1.807) is 0 Å². The van der Waals surface area contributed by atoms with Crippen molar-refractivity contribution in [2.75, 3.05) is 26.4 Å². The first kappa shape index (κ1) is 26.5. The van der Waals surface area contributed by atoms with Gasteiger partial charge < -0.3 is 18.5 Å². The summed E-state index contributed by atoms with van der Waals surface area (Å²) in [4.78, 5) is 9.85. The van der Waals surface area contributed by atoms with E-state index in [4.69, 9.17) is 38.0 Å². The summed E-state index contributed by atoms with van der Waals surface area (Å²) >= 11 is 0. The second kappa shape index (κ2) is 17.6. The summed E-state index contributed by atoms with van der Waals surface area (Å²) in [6.45, 7) is 6.76. The second-order valence-corrected chi connectivity index (χ2v) is 8.93. The van der Waals surface area contributed by atoms with Gasteiger partial charge in [0.15, 0.2) is 0 Å². The first-order valence-electron chi connectivity index (χ1n) is 8.21. The highest BCUT2D eigenvalue weighted by molar-refractivity contribution is 7.61. The van der Waals surface area contributed by atoms with E-state index in [1.165, 1.54) is 0 Å². The minimum Gasteiger partial charge on any atom is -0.328 e. The van der Waals surface area contributed by atoms with Gasteiger partial charge in [-0.05, 0) is 13.8 Å². The maximum absolute atomic E-state index is 9.85. The highest BCUT2D eigenvalue weighted by Gasteiger charge is 2.31. The Bertz CT molecular complexity index is 511. The fourth-order valence-corrected chi connectivity index (χ4v) is 5.44. The van der Waals surface area contributed by atoms with Crippen molar-refractivity contribution in [2.24, 2.45) is 0 Å². The summed E-state index contributed by atoms with van der Waals surface area (Å²) in [7, 11) is -5.98.